The summed E-state index contributed by atoms with van der Waals surface area (Å²) in [6.45, 7) is 7.21. The van der Waals surface area contributed by atoms with Gasteiger partial charge < -0.3 is 25.4 Å². The Kier molecular flexibility index (Phi) is 5.23. The summed E-state index contributed by atoms with van der Waals surface area (Å²) >= 11 is 0. The SMILES string of the molecule is COc1ccc(N2CCCC(NC(=O)OC(C)(C)C)C2)c(N)c1. The first kappa shape index (κ1) is 17.2. The average Bonchev–Trinajstić information content (AvgIpc) is 2.45. The molecule has 0 saturated carbocycles. The van der Waals surface area contributed by atoms with Crippen molar-refractivity contribution < 1.29 is 14.3 Å². The lowest BCUT2D eigenvalue weighted by Crippen LogP contribution is -2.49. The van der Waals surface area contributed by atoms with E-state index < -0.39 is 5.60 Å². The maximum absolute atomic E-state index is 11.9. The molecule has 23 heavy (non-hydrogen) atoms. The molecule has 1 aromatic carbocycles. The Morgan fingerprint density at radius 3 is 2.74 bits per heavy atom. The molecule has 0 spiro atoms. The van der Waals surface area contributed by atoms with Crippen molar-refractivity contribution in [3.63, 3.8) is 0 Å². The third-order valence-corrected chi connectivity index (χ3v) is 3.72. The lowest BCUT2D eigenvalue weighted by Gasteiger charge is -2.35. The zero-order valence-corrected chi connectivity index (χ0v) is 14.4. The van der Waals surface area contributed by atoms with Crippen molar-refractivity contribution in [1.29, 1.82) is 0 Å². The molecule has 2 rings (SSSR count). The van der Waals surface area contributed by atoms with E-state index in [1.807, 2.05) is 39.0 Å². The summed E-state index contributed by atoms with van der Waals surface area (Å²) in [4.78, 5) is 14.1. The van der Waals surface area contributed by atoms with Gasteiger partial charge in [0.1, 0.15) is 11.4 Å². The second-order valence-electron chi connectivity index (χ2n) is 6.86. The summed E-state index contributed by atoms with van der Waals surface area (Å²) in [6.07, 6.45) is 1.56. The van der Waals surface area contributed by atoms with Crippen molar-refractivity contribution in [2.45, 2.75) is 45.3 Å². The molecular weight excluding hydrogens is 294 g/mol. The van der Waals surface area contributed by atoms with E-state index >= 15 is 0 Å². The summed E-state index contributed by atoms with van der Waals surface area (Å²) in [5.74, 6) is 0.742. The van der Waals surface area contributed by atoms with Crippen molar-refractivity contribution in [2.24, 2.45) is 0 Å². The molecule has 0 aromatic heterocycles. The largest absolute Gasteiger partial charge is 0.497 e. The first-order valence-electron chi connectivity index (χ1n) is 7.96. The number of amides is 1. The summed E-state index contributed by atoms with van der Waals surface area (Å²) in [7, 11) is 1.62. The molecule has 1 saturated heterocycles. The van der Waals surface area contributed by atoms with Crippen LogP contribution in [-0.4, -0.2) is 37.9 Å². The molecule has 6 nitrogen and oxygen atoms in total. The lowest BCUT2D eigenvalue weighted by molar-refractivity contribution is 0.0500. The fourth-order valence-corrected chi connectivity index (χ4v) is 2.74. The predicted molar refractivity (Wildman–Crippen MR) is 92.0 cm³/mol. The van der Waals surface area contributed by atoms with Gasteiger partial charge in [-0.15, -0.1) is 0 Å². The van der Waals surface area contributed by atoms with Crippen LogP contribution in [0.4, 0.5) is 16.2 Å². The molecule has 1 aliphatic heterocycles. The number of hydrogen-bond acceptors (Lipinski definition) is 5. The minimum Gasteiger partial charge on any atom is -0.497 e. The number of carbonyl (C=O) groups is 1. The number of hydrogen-bond donors (Lipinski definition) is 2. The van der Waals surface area contributed by atoms with Crippen LogP contribution in [0.5, 0.6) is 5.75 Å². The van der Waals surface area contributed by atoms with Crippen LogP contribution in [0.3, 0.4) is 0 Å². The van der Waals surface area contributed by atoms with E-state index in [9.17, 15) is 4.79 Å². The highest BCUT2D eigenvalue weighted by atomic mass is 16.6. The van der Waals surface area contributed by atoms with Crippen molar-refractivity contribution >= 4 is 17.5 Å². The third kappa shape index (κ3) is 4.94. The maximum atomic E-state index is 11.9. The predicted octanol–water partition coefficient (Wildman–Crippen LogP) is 2.77. The van der Waals surface area contributed by atoms with Gasteiger partial charge in [-0.1, -0.05) is 0 Å². The van der Waals surface area contributed by atoms with E-state index in [1.54, 1.807) is 7.11 Å². The highest BCUT2D eigenvalue weighted by Crippen LogP contribution is 2.29. The molecule has 1 aromatic rings. The molecule has 0 bridgehead atoms. The summed E-state index contributed by atoms with van der Waals surface area (Å²) < 4.78 is 10.5. The molecule has 1 atom stereocenters. The van der Waals surface area contributed by atoms with Gasteiger partial charge in [-0.3, -0.25) is 0 Å². The molecule has 1 aliphatic rings. The van der Waals surface area contributed by atoms with E-state index in [2.05, 4.69) is 10.2 Å². The average molecular weight is 321 g/mol. The smallest absolute Gasteiger partial charge is 0.407 e. The number of carbonyl (C=O) groups excluding carboxylic acids is 1. The number of rotatable bonds is 3. The lowest BCUT2D eigenvalue weighted by atomic mass is 10.0. The van der Waals surface area contributed by atoms with Crippen LogP contribution < -0.4 is 20.7 Å². The Hall–Kier alpha value is -2.11. The fraction of sp³-hybridized carbons (Fsp3) is 0.588. The van der Waals surface area contributed by atoms with Gasteiger partial charge in [0.05, 0.1) is 18.5 Å². The van der Waals surface area contributed by atoms with Crippen LogP contribution in [0.2, 0.25) is 0 Å². The van der Waals surface area contributed by atoms with E-state index in [4.69, 9.17) is 15.2 Å². The van der Waals surface area contributed by atoms with Gasteiger partial charge in [0.2, 0.25) is 0 Å². The standard InChI is InChI=1S/C17H27N3O3/c1-17(2,3)23-16(21)19-12-6-5-9-20(11-12)15-8-7-13(22-4)10-14(15)18/h7-8,10,12H,5-6,9,11,18H2,1-4H3,(H,19,21). The molecule has 1 fully saturated rings. The first-order valence-corrected chi connectivity index (χ1v) is 7.96. The Morgan fingerprint density at radius 2 is 2.13 bits per heavy atom. The number of alkyl carbamates (subject to hydrolysis) is 1. The minimum atomic E-state index is -0.487. The van der Waals surface area contributed by atoms with Crippen LogP contribution in [-0.2, 0) is 4.74 Å². The van der Waals surface area contributed by atoms with Crippen molar-refractivity contribution in [1.82, 2.24) is 5.32 Å². The normalized spacial score (nSPS) is 18.4. The van der Waals surface area contributed by atoms with E-state index in [1.165, 1.54) is 0 Å². The van der Waals surface area contributed by atoms with Crippen LogP contribution in [0.15, 0.2) is 18.2 Å². The second kappa shape index (κ2) is 6.98. The molecule has 1 heterocycles. The molecule has 1 amide bonds. The van der Waals surface area contributed by atoms with Gasteiger partial charge in [0.25, 0.3) is 0 Å². The summed E-state index contributed by atoms with van der Waals surface area (Å²) in [5.41, 5.74) is 7.29. The zero-order chi connectivity index (χ0) is 17.0. The van der Waals surface area contributed by atoms with E-state index in [-0.39, 0.29) is 12.1 Å². The molecule has 0 aliphatic carbocycles. The van der Waals surface area contributed by atoms with Crippen molar-refractivity contribution in [3.05, 3.63) is 18.2 Å². The number of nitrogens with two attached hydrogens (primary N) is 1. The van der Waals surface area contributed by atoms with Crippen LogP contribution in [0.1, 0.15) is 33.6 Å². The zero-order valence-electron chi connectivity index (χ0n) is 14.4. The molecule has 1 unspecified atom stereocenters. The van der Waals surface area contributed by atoms with Gasteiger partial charge in [0, 0.05) is 25.2 Å². The summed E-state index contributed by atoms with van der Waals surface area (Å²) in [5, 5.41) is 2.95. The van der Waals surface area contributed by atoms with E-state index in [0.717, 1.165) is 37.4 Å². The molecular formula is C17H27N3O3. The fourth-order valence-electron chi connectivity index (χ4n) is 2.74. The number of ether oxygens (including phenoxy) is 2. The topological polar surface area (TPSA) is 76.8 Å². The highest BCUT2D eigenvalue weighted by molar-refractivity contribution is 5.71. The number of nitrogens with one attached hydrogen (secondary N) is 1. The summed E-state index contributed by atoms with van der Waals surface area (Å²) in [6, 6.07) is 5.74. The van der Waals surface area contributed by atoms with Gasteiger partial charge in [-0.2, -0.15) is 0 Å². The van der Waals surface area contributed by atoms with Gasteiger partial charge in [-0.25, -0.2) is 4.79 Å². The maximum Gasteiger partial charge on any atom is 0.407 e. The van der Waals surface area contributed by atoms with Crippen LogP contribution >= 0.6 is 0 Å². The monoisotopic (exact) mass is 321 g/mol. The molecule has 3 N–H and O–H groups in total. The second-order valence-corrected chi connectivity index (χ2v) is 6.86. The van der Waals surface area contributed by atoms with Gasteiger partial charge in [0.15, 0.2) is 0 Å². The number of anilines is 2. The third-order valence-electron chi connectivity index (χ3n) is 3.72. The molecule has 6 heteroatoms. The Balaban J connectivity index is 1.99. The Morgan fingerprint density at radius 1 is 1.39 bits per heavy atom. The first-order chi connectivity index (χ1) is 10.8. The highest BCUT2D eigenvalue weighted by Gasteiger charge is 2.25. The van der Waals surface area contributed by atoms with Crippen molar-refractivity contribution in [3.8, 4) is 5.75 Å². The van der Waals surface area contributed by atoms with Gasteiger partial charge in [-0.05, 0) is 45.7 Å². The minimum absolute atomic E-state index is 0.0556. The van der Waals surface area contributed by atoms with Crippen LogP contribution in [0.25, 0.3) is 0 Å². The van der Waals surface area contributed by atoms with E-state index in [0.29, 0.717) is 5.69 Å². The number of piperidine rings is 1. The number of nitrogens with zero attached hydrogens (tertiary/aromatic N) is 1. The Bertz CT molecular complexity index is 555. The number of nitrogen functional groups attached to an aromatic ring is 1. The number of benzene rings is 1. The molecule has 0 radical (unpaired) electrons. The van der Waals surface area contributed by atoms with Crippen molar-refractivity contribution in [2.75, 3.05) is 30.8 Å². The van der Waals surface area contributed by atoms with Gasteiger partial charge >= 0.3 is 6.09 Å². The quantitative estimate of drug-likeness (QED) is 0.837. The molecule has 128 valence electrons. The number of methoxy groups -OCH3 is 1. The Labute approximate surface area is 137 Å². The van der Waals surface area contributed by atoms with Crippen LogP contribution in [0, 0.1) is 0 Å².